The lowest BCUT2D eigenvalue weighted by Crippen LogP contribution is -1.80. The van der Waals surface area contributed by atoms with E-state index in [0.717, 1.165) is 0 Å². The number of hydrogen-bond donors (Lipinski definition) is 0. The van der Waals surface area contributed by atoms with Crippen LogP contribution in [0.5, 0.6) is 0 Å². The topological polar surface area (TPSA) is 12.4 Å². The summed E-state index contributed by atoms with van der Waals surface area (Å²) in [6.07, 6.45) is 6.59. The van der Waals surface area contributed by atoms with Gasteiger partial charge in [0, 0.05) is 0 Å². The fourth-order valence-electron chi connectivity index (χ4n) is 0.302. The largest absolute Gasteiger partial charge is 0.299 e. The van der Waals surface area contributed by atoms with Crippen LogP contribution in [0.4, 0.5) is 4.39 Å². The standard InChI is InChI=1S/C5H3FN/c6-5-3-1-2-4-7-5/h1,3-4H/q+1. The highest BCUT2D eigenvalue weighted by Gasteiger charge is 1.97. The van der Waals surface area contributed by atoms with Crippen molar-refractivity contribution in [1.82, 2.24) is 0 Å². The van der Waals surface area contributed by atoms with Crippen LogP contribution >= 0.6 is 0 Å². The molecule has 0 atom stereocenters. The lowest BCUT2D eigenvalue weighted by atomic mass is 10.4. The minimum absolute atomic E-state index is 0.459. The fourth-order valence-corrected chi connectivity index (χ4v) is 0.302. The van der Waals surface area contributed by atoms with E-state index in [2.05, 4.69) is 11.1 Å². The Labute approximate surface area is 40.9 Å². The van der Waals surface area contributed by atoms with E-state index >= 15 is 0 Å². The van der Waals surface area contributed by atoms with Gasteiger partial charge in [-0.25, -0.2) is 0 Å². The molecule has 1 rings (SSSR count). The van der Waals surface area contributed by atoms with Crippen LogP contribution in [0.3, 0.4) is 0 Å². The molecule has 0 aliphatic carbocycles. The van der Waals surface area contributed by atoms with Crippen LogP contribution in [0.2, 0.25) is 0 Å². The summed E-state index contributed by atoms with van der Waals surface area (Å²) in [7, 11) is 0. The van der Waals surface area contributed by atoms with E-state index in [1.54, 1.807) is 0 Å². The number of hydrogen-bond acceptors (Lipinski definition) is 1. The summed E-state index contributed by atoms with van der Waals surface area (Å²) in [6, 6.07) is 0. The summed E-state index contributed by atoms with van der Waals surface area (Å²) < 4.78 is 11.8. The van der Waals surface area contributed by atoms with Gasteiger partial charge >= 0.3 is 0 Å². The highest BCUT2D eigenvalue weighted by Crippen LogP contribution is 1.91. The minimum Gasteiger partial charge on any atom is -0.178 e. The zero-order valence-corrected chi connectivity index (χ0v) is 3.56. The zero-order valence-electron chi connectivity index (χ0n) is 3.56. The van der Waals surface area contributed by atoms with Crippen molar-refractivity contribution >= 4 is 5.97 Å². The van der Waals surface area contributed by atoms with Gasteiger partial charge in [-0.2, -0.15) is 9.38 Å². The van der Waals surface area contributed by atoms with Gasteiger partial charge < -0.3 is 0 Å². The maximum atomic E-state index is 11.8. The van der Waals surface area contributed by atoms with Gasteiger partial charge in [0.25, 0.3) is 5.97 Å². The molecule has 0 N–H and O–H groups in total. The third-order valence-electron chi connectivity index (χ3n) is 0.580. The van der Waals surface area contributed by atoms with E-state index in [-0.39, 0.29) is 0 Å². The van der Waals surface area contributed by atoms with Crippen molar-refractivity contribution in [3.63, 3.8) is 0 Å². The second-order valence-electron chi connectivity index (χ2n) is 1.08. The minimum atomic E-state index is -0.459. The van der Waals surface area contributed by atoms with Crippen LogP contribution in [0.25, 0.3) is 0 Å². The Hall–Kier alpha value is -1.01. The average Bonchev–Trinajstić information content (AvgIpc) is 1.69. The molecule has 0 aromatic carbocycles. The van der Waals surface area contributed by atoms with Gasteiger partial charge in [-0.05, 0) is 0 Å². The first kappa shape index (κ1) is 4.16. The van der Waals surface area contributed by atoms with Crippen LogP contribution in [0.1, 0.15) is 0 Å². The molecule has 0 radical (unpaired) electrons. The number of rotatable bonds is 0. The van der Waals surface area contributed by atoms with Crippen LogP contribution in [0.15, 0.2) is 23.3 Å². The van der Waals surface area contributed by atoms with Gasteiger partial charge in [0.15, 0.2) is 12.3 Å². The smallest absolute Gasteiger partial charge is 0.178 e. The Balaban J connectivity index is 2.82. The highest BCUT2D eigenvalue weighted by molar-refractivity contribution is 5.87. The van der Waals surface area contributed by atoms with E-state index < -0.39 is 5.97 Å². The van der Waals surface area contributed by atoms with Crippen molar-refractivity contribution in [3.8, 4) is 0 Å². The van der Waals surface area contributed by atoms with E-state index in [9.17, 15) is 4.39 Å². The first-order chi connectivity index (χ1) is 3.39. The zero-order chi connectivity index (χ0) is 5.11. The van der Waals surface area contributed by atoms with Crippen molar-refractivity contribution in [1.29, 1.82) is 0 Å². The first-order valence-corrected chi connectivity index (χ1v) is 1.87. The van der Waals surface area contributed by atoms with Crippen molar-refractivity contribution in [3.05, 3.63) is 24.4 Å². The molecule has 1 aliphatic rings. The number of halogens is 1. The van der Waals surface area contributed by atoms with Crippen molar-refractivity contribution < 1.29 is 4.39 Å². The van der Waals surface area contributed by atoms with Crippen LogP contribution < -0.4 is 0 Å². The van der Waals surface area contributed by atoms with Gasteiger partial charge in [0.2, 0.25) is 0 Å². The third kappa shape index (κ3) is 0.913. The van der Waals surface area contributed by atoms with Crippen LogP contribution in [0, 0.1) is 6.08 Å². The Bertz CT molecular complexity index is 144. The Kier molecular flexibility index (Phi) is 0.966. The predicted molar refractivity (Wildman–Crippen MR) is 25.5 cm³/mol. The molecule has 0 unspecified atom stereocenters. The average molecular weight is 96.1 g/mol. The molecule has 1 nitrogen and oxygen atoms in total. The summed E-state index contributed by atoms with van der Waals surface area (Å²) in [6.45, 7) is 0. The summed E-state index contributed by atoms with van der Waals surface area (Å²) in [5.74, 6) is -0.459. The van der Waals surface area contributed by atoms with Gasteiger partial charge in [0.1, 0.15) is 12.2 Å². The fraction of sp³-hybridized carbons (Fsp3) is 0. The van der Waals surface area contributed by atoms with Crippen molar-refractivity contribution in [2.75, 3.05) is 0 Å². The number of aliphatic imine (C=N–C) groups is 1. The molecule has 1 aliphatic heterocycles. The second-order valence-corrected chi connectivity index (χ2v) is 1.08. The SMILES string of the molecule is FC1=NC=[C+]C=C1. The molecule has 0 fully saturated rings. The monoisotopic (exact) mass is 96.0 g/mol. The van der Waals surface area contributed by atoms with Crippen LogP contribution in [-0.4, -0.2) is 5.97 Å². The molecule has 0 saturated carbocycles. The summed E-state index contributed by atoms with van der Waals surface area (Å²) >= 11 is 0. The molecule has 2 heteroatoms. The van der Waals surface area contributed by atoms with Gasteiger partial charge in [-0.3, -0.25) is 0 Å². The van der Waals surface area contributed by atoms with Crippen molar-refractivity contribution in [2.24, 2.45) is 4.99 Å². The summed E-state index contributed by atoms with van der Waals surface area (Å²) in [5, 5.41) is 0. The summed E-state index contributed by atoms with van der Waals surface area (Å²) in [5.41, 5.74) is 0. The lowest BCUT2D eigenvalue weighted by molar-refractivity contribution is 0.811. The van der Waals surface area contributed by atoms with Gasteiger partial charge in [-0.1, -0.05) is 0 Å². The van der Waals surface area contributed by atoms with E-state index in [1.807, 2.05) is 0 Å². The maximum Gasteiger partial charge on any atom is 0.299 e. The molecule has 7 heavy (non-hydrogen) atoms. The molecular weight excluding hydrogens is 93.1 g/mol. The number of allylic oxidation sites excluding steroid dienone is 3. The lowest BCUT2D eigenvalue weighted by Gasteiger charge is -1.73. The van der Waals surface area contributed by atoms with Crippen LogP contribution in [-0.2, 0) is 0 Å². The molecule has 34 valence electrons. The second kappa shape index (κ2) is 1.63. The quantitative estimate of drug-likeness (QED) is 0.402. The first-order valence-electron chi connectivity index (χ1n) is 1.87. The normalized spacial score (nSPS) is 15.9. The summed E-state index contributed by atoms with van der Waals surface area (Å²) in [4.78, 5) is 3.26. The molecule has 0 saturated heterocycles. The van der Waals surface area contributed by atoms with E-state index in [1.165, 1.54) is 18.4 Å². The maximum absolute atomic E-state index is 11.8. The van der Waals surface area contributed by atoms with E-state index in [0.29, 0.717) is 0 Å². The molecular formula is C5H3FN+. The Morgan fingerprint density at radius 2 is 2.57 bits per heavy atom. The van der Waals surface area contributed by atoms with E-state index in [4.69, 9.17) is 0 Å². The molecule has 1 heterocycles. The predicted octanol–water partition coefficient (Wildman–Crippen LogP) is 1.24. The van der Waals surface area contributed by atoms with Crippen molar-refractivity contribution in [2.45, 2.75) is 0 Å². The Morgan fingerprint density at radius 3 is 2.86 bits per heavy atom. The van der Waals surface area contributed by atoms with Gasteiger partial charge in [-0.15, -0.1) is 0 Å². The molecule has 0 bridgehead atoms. The molecule has 0 aromatic heterocycles. The number of nitrogens with zero attached hydrogens (tertiary/aromatic N) is 1. The molecule has 0 spiro atoms. The third-order valence-corrected chi connectivity index (χ3v) is 0.580. The highest BCUT2D eigenvalue weighted by atomic mass is 19.1. The Morgan fingerprint density at radius 1 is 1.71 bits per heavy atom. The molecule has 0 amide bonds. The van der Waals surface area contributed by atoms with Gasteiger partial charge in [0.05, 0.1) is 0 Å². The molecule has 0 aromatic rings.